The zero-order valence-electron chi connectivity index (χ0n) is 13.5. The van der Waals surface area contributed by atoms with Gasteiger partial charge in [0.1, 0.15) is 5.75 Å². The van der Waals surface area contributed by atoms with Crippen molar-refractivity contribution in [1.82, 2.24) is 10.2 Å². The number of benzene rings is 1. The molecule has 1 aromatic rings. The van der Waals surface area contributed by atoms with Gasteiger partial charge in [-0.3, -0.25) is 0 Å². The second-order valence-corrected chi connectivity index (χ2v) is 6.29. The summed E-state index contributed by atoms with van der Waals surface area (Å²) in [4.78, 5) is 2.31. The zero-order valence-corrected chi connectivity index (χ0v) is 13.5. The van der Waals surface area contributed by atoms with Gasteiger partial charge in [0.05, 0.1) is 6.10 Å². The first-order chi connectivity index (χ1) is 11.0. The third-order valence-corrected chi connectivity index (χ3v) is 4.20. The van der Waals surface area contributed by atoms with Crippen LogP contribution in [0.4, 0.5) is 8.78 Å². The Balaban J connectivity index is 1.64. The highest BCUT2D eigenvalue weighted by Crippen LogP contribution is 2.16. The average Bonchev–Trinajstić information content (AvgIpc) is 2.51. The van der Waals surface area contributed by atoms with E-state index in [1.54, 1.807) is 12.1 Å². The van der Waals surface area contributed by atoms with Crippen LogP contribution in [0.3, 0.4) is 0 Å². The summed E-state index contributed by atoms with van der Waals surface area (Å²) < 4.78 is 28.4. The fourth-order valence-corrected chi connectivity index (χ4v) is 2.78. The van der Waals surface area contributed by atoms with Crippen LogP contribution in [0.1, 0.15) is 25.3 Å². The van der Waals surface area contributed by atoms with Gasteiger partial charge in [-0.25, -0.2) is 0 Å². The molecule has 0 amide bonds. The Bertz CT molecular complexity index is 448. The Morgan fingerprint density at radius 2 is 1.91 bits per heavy atom. The predicted molar refractivity (Wildman–Crippen MR) is 85.6 cm³/mol. The van der Waals surface area contributed by atoms with Crippen LogP contribution in [-0.2, 0) is 6.54 Å². The molecule has 1 atom stereocenters. The van der Waals surface area contributed by atoms with Gasteiger partial charge in [-0.15, -0.1) is 0 Å². The number of nitrogens with one attached hydrogen (secondary N) is 1. The minimum atomic E-state index is -2.80. The lowest BCUT2D eigenvalue weighted by atomic mass is 9.99. The number of piperidine rings is 1. The SMILES string of the molecule is CC1CCN(CC(O)CNCc2ccc(OC(F)F)cc2)CC1. The normalized spacial score (nSPS) is 18.3. The number of aliphatic hydroxyl groups is 1. The van der Waals surface area contributed by atoms with E-state index in [1.807, 2.05) is 0 Å². The van der Waals surface area contributed by atoms with Gasteiger partial charge in [-0.05, 0) is 49.5 Å². The molecule has 1 saturated heterocycles. The topological polar surface area (TPSA) is 44.7 Å². The molecule has 0 saturated carbocycles. The van der Waals surface area contributed by atoms with E-state index in [-0.39, 0.29) is 5.75 Å². The van der Waals surface area contributed by atoms with E-state index in [0.717, 1.165) is 24.6 Å². The molecule has 0 bridgehead atoms. The first kappa shape index (κ1) is 18.1. The number of nitrogens with zero attached hydrogens (tertiary/aromatic N) is 1. The summed E-state index contributed by atoms with van der Waals surface area (Å²) in [5, 5.41) is 13.3. The number of alkyl halides is 2. The van der Waals surface area contributed by atoms with Crippen molar-refractivity contribution in [3.05, 3.63) is 29.8 Å². The lowest BCUT2D eigenvalue weighted by Gasteiger charge is -2.31. The number of aliphatic hydroxyl groups excluding tert-OH is 1. The van der Waals surface area contributed by atoms with Gasteiger partial charge < -0.3 is 20.1 Å². The van der Waals surface area contributed by atoms with Crippen molar-refractivity contribution < 1.29 is 18.6 Å². The molecule has 0 spiro atoms. The summed E-state index contributed by atoms with van der Waals surface area (Å²) in [5.41, 5.74) is 0.964. The molecule has 1 heterocycles. The van der Waals surface area contributed by atoms with E-state index in [0.29, 0.717) is 19.6 Å². The van der Waals surface area contributed by atoms with Crippen molar-refractivity contribution in [2.24, 2.45) is 5.92 Å². The first-order valence-electron chi connectivity index (χ1n) is 8.18. The van der Waals surface area contributed by atoms with Crippen LogP contribution < -0.4 is 10.1 Å². The van der Waals surface area contributed by atoms with Crippen LogP contribution in [0.25, 0.3) is 0 Å². The van der Waals surface area contributed by atoms with Gasteiger partial charge in [0.25, 0.3) is 0 Å². The predicted octanol–water partition coefficient (Wildman–Crippen LogP) is 2.47. The first-order valence-corrected chi connectivity index (χ1v) is 8.18. The summed E-state index contributed by atoms with van der Waals surface area (Å²) in [6.07, 6.45) is 2.00. The Kier molecular flexibility index (Phi) is 7.20. The van der Waals surface area contributed by atoms with Crippen LogP contribution in [0.2, 0.25) is 0 Å². The Labute approximate surface area is 136 Å². The molecular weight excluding hydrogens is 302 g/mol. The molecule has 1 fully saturated rings. The molecule has 1 unspecified atom stereocenters. The van der Waals surface area contributed by atoms with Crippen LogP contribution in [0.15, 0.2) is 24.3 Å². The van der Waals surface area contributed by atoms with Crippen LogP contribution in [-0.4, -0.2) is 48.9 Å². The average molecular weight is 328 g/mol. The smallest absolute Gasteiger partial charge is 0.387 e. The molecule has 1 aliphatic heterocycles. The Morgan fingerprint density at radius 3 is 2.52 bits per heavy atom. The van der Waals surface area contributed by atoms with Crippen molar-refractivity contribution in [2.45, 2.75) is 39.0 Å². The quantitative estimate of drug-likeness (QED) is 0.769. The van der Waals surface area contributed by atoms with E-state index in [4.69, 9.17) is 0 Å². The molecule has 1 aliphatic rings. The van der Waals surface area contributed by atoms with Crippen molar-refractivity contribution in [1.29, 1.82) is 0 Å². The second kappa shape index (κ2) is 9.15. The molecule has 130 valence electrons. The highest BCUT2D eigenvalue weighted by molar-refractivity contribution is 5.27. The van der Waals surface area contributed by atoms with Gasteiger partial charge in [0, 0.05) is 19.6 Å². The number of likely N-dealkylation sites (tertiary alicyclic amines) is 1. The van der Waals surface area contributed by atoms with Gasteiger partial charge in [0.15, 0.2) is 0 Å². The standard InChI is InChI=1S/C17H26F2N2O2/c1-13-6-8-21(9-7-13)12-15(22)11-20-10-14-2-4-16(5-3-14)23-17(18)19/h2-5,13,15,17,20,22H,6-12H2,1H3. The minimum Gasteiger partial charge on any atom is -0.435 e. The van der Waals surface area contributed by atoms with Gasteiger partial charge >= 0.3 is 6.61 Å². The summed E-state index contributed by atoms with van der Waals surface area (Å²) in [7, 11) is 0. The maximum absolute atomic E-state index is 12.1. The lowest BCUT2D eigenvalue weighted by Crippen LogP contribution is -2.41. The number of rotatable bonds is 8. The van der Waals surface area contributed by atoms with E-state index in [9.17, 15) is 13.9 Å². The van der Waals surface area contributed by atoms with Crippen molar-refractivity contribution in [3.8, 4) is 5.75 Å². The Morgan fingerprint density at radius 1 is 1.26 bits per heavy atom. The molecule has 0 radical (unpaired) electrons. The molecule has 6 heteroatoms. The molecule has 23 heavy (non-hydrogen) atoms. The molecular formula is C17H26F2N2O2. The molecule has 2 N–H and O–H groups in total. The summed E-state index contributed by atoms with van der Waals surface area (Å²) in [6, 6.07) is 6.52. The second-order valence-electron chi connectivity index (χ2n) is 6.29. The fraction of sp³-hybridized carbons (Fsp3) is 0.647. The number of hydrogen-bond donors (Lipinski definition) is 2. The number of ether oxygens (including phenoxy) is 1. The highest BCUT2D eigenvalue weighted by atomic mass is 19.3. The number of β-amino-alcohol motifs (C(OH)–C–C–N with tert-alkyl or cyclic N) is 1. The van der Waals surface area contributed by atoms with E-state index in [2.05, 4.69) is 21.9 Å². The minimum absolute atomic E-state index is 0.156. The van der Waals surface area contributed by atoms with Crippen molar-refractivity contribution in [2.75, 3.05) is 26.2 Å². The summed E-state index contributed by atoms with van der Waals surface area (Å²) >= 11 is 0. The van der Waals surface area contributed by atoms with Crippen LogP contribution in [0.5, 0.6) is 5.75 Å². The fourth-order valence-electron chi connectivity index (χ4n) is 2.78. The van der Waals surface area contributed by atoms with Gasteiger partial charge in [0.2, 0.25) is 0 Å². The molecule has 4 nitrogen and oxygen atoms in total. The van der Waals surface area contributed by atoms with Gasteiger partial charge in [-0.2, -0.15) is 8.78 Å². The molecule has 0 aliphatic carbocycles. The number of hydrogen-bond acceptors (Lipinski definition) is 4. The number of halogens is 2. The lowest BCUT2D eigenvalue weighted by molar-refractivity contribution is -0.0498. The van der Waals surface area contributed by atoms with E-state index in [1.165, 1.54) is 25.0 Å². The van der Waals surface area contributed by atoms with E-state index >= 15 is 0 Å². The van der Waals surface area contributed by atoms with E-state index < -0.39 is 12.7 Å². The monoisotopic (exact) mass is 328 g/mol. The van der Waals surface area contributed by atoms with Crippen LogP contribution in [0, 0.1) is 5.92 Å². The summed E-state index contributed by atoms with van der Waals surface area (Å²) in [5.74, 6) is 0.946. The highest BCUT2D eigenvalue weighted by Gasteiger charge is 2.17. The summed E-state index contributed by atoms with van der Waals surface area (Å²) in [6.45, 7) is 3.39. The maximum atomic E-state index is 12.1. The third kappa shape index (κ3) is 6.81. The molecule has 1 aromatic carbocycles. The van der Waals surface area contributed by atoms with Crippen molar-refractivity contribution in [3.63, 3.8) is 0 Å². The van der Waals surface area contributed by atoms with Crippen LogP contribution >= 0.6 is 0 Å². The Hall–Kier alpha value is -1.24. The largest absolute Gasteiger partial charge is 0.435 e. The molecule has 2 rings (SSSR count). The van der Waals surface area contributed by atoms with Crippen molar-refractivity contribution >= 4 is 0 Å². The molecule has 0 aromatic heterocycles. The zero-order chi connectivity index (χ0) is 16.7. The third-order valence-electron chi connectivity index (χ3n) is 4.20. The van der Waals surface area contributed by atoms with Gasteiger partial charge in [-0.1, -0.05) is 19.1 Å². The maximum Gasteiger partial charge on any atom is 0.387 e.